The number of hydrogen-bond donors (Lipinski definition) is 1. The molecule has 2 nitrogen and oxygen atoms in total. The molecule has 11 heavy (non-hydrogen) atoms. The van der Waals surface area contributed by atoms with Crippen molar-refractivity contribution in [2.45, 2.75) is 5.38 Å². The first-order chi connectivity index (χ1) is 5.24. The third-order valence-corrected chi connectivity index (χ3v) is 1.69. The monoisotopic (exact) mass is 170 g/mol. The quantitative estimate of drug-likeness (QED) is 0.544. The van der Waals surface area contributed by atoms with Crippen LogP contribution >= 0.6 is 11.6 Å². The average molecular weight is 171 g/mol. The summed E-state index contributed by atoms with van der Waals surface area (Å²) in [5.74, 6) is 0.170. The van der Waals surface area contributed by atoms with Crippen LogP contribution in [-0.4, -0.2) is 11.4 Å². The van der Waals surface area contributed by atoms with Crippen molar-refractivity contribution in [3.05, 3.63) is 29.8 Å². The third-order valence-electron chi connectivity index (χ3n) is 1.33. The lowest BCUT2D eigenvalue weighted by molar-refractivity contribution is -0.107. The Morgan fingerprint density at radius 3 is 2.36 bits per heavy atom. The van der Waals surface area contributed by atoms with Crippen molar-refractivity contribution in [1.82, 2.24) is 0 Å². The standard InChI is InChI=1S/C8H7ClO2/c9-8(5-10)6-1-3-7(11)4-2-6/h1-5,8,11H. The molecule has 1 aromatic rings. The third kappa shape index (κ3) is 1.95. The van der Waals surface area contributed by atoms with Gasteiger partial charge in [-0.1, -0.05) is 12.1 Å². The summed E-state index contributed by atoms with van der Waals surface area (Å²) in [5, 5.41) is 8.26. The second kappa shape index (κ2) is 3.39. The van der Waals surface area contributed by atoms with Gasteiger partial charge in [0, 0.05) is 0 Å². The fourth-order valence-corrected chi connectivity index (χ4v) is 0.882. The minimum absolute atomic E-state index is 0.170. The fourth-order valence-electron chi connectivity index (χ4n) is 0.737. The predicted octanol–water partition coefficient (Wildman–Crippen LogP) is 1.87. The molecule has 0 saturated carbocycles. The highest BCUT2D eigenvalue weighted by Gasteiger charge is 2.04. The molecule has 0 aromatic heterocycles. The number of phenolic OH excluding ortho intramolecular Hbond substituents is 1. The predicted molar refractivity (Wildman–Crippen MR) is 42.8 cm³/mol. The Bertz CT molecular complexity index is 243. The summed E-state index contributed by atoms with van der Waals surface area (Å²) in [6.45, 7) is 0. The Hall–Kier alpha value is -1.02. The second-order valence-electron chi connectivity index (χ2n) is 2.13. The lowest BCUT2D eigenvalue weighted by Crippen LogP contribution is -1.89. The molecule has 1 aromatic carbocycles. The van der Waals surface area contributed by atoms with Crippen molar-refractivity contribution >= 4 is 17.9 Å². The van der Waals surface area contributed by atoms with E-state index in [0.717, 1.165) is 0 Å². The zero-order valence-corrected chi connectivity index (χ0v) is 6.45. The minimum atomic E-state index is -0.615. The van der Waals surface area contributed by atoms with Crippen LogP contribution in [0.4, 0.5) is 0 Å². The highest BCUT2D eigenvalue weighted by Crippen LogP contribution is 2.19. The molecule has 0 aliphatic rings. The Morgan fingerprint density at radius 2 is 1.91 bits per heavy atom. The molecule has 3 heteroatoms. The van der Waals surface area contributed by atoms with Crippen molar-refractivity contribution < 1.29 is 9.90 Å². The number of carbonyl (C=O) groups is 1. The van der Waals surface area contributed by atoms with E-state index in [0.29, 0.717) is 11.8 Å². The summed E-state index contributed by atoms with van der Waals surface area (Å²) in [6.07, 6.45) is 0.647. The number of carbonyl (C=O) groups excluding carboxylic acids is 1. The Morgan fingerprint density at radius 1 is 1.36 bits per heavy atom. The van der Waals surface area contributed by atoms with E-state index in [9.17, 15) is 4.79 Å². The largest absolute Gasteiger partial charge is 0.508 e. The molecular formula is C8H7ClO2. The molecule has 0 bridgehead atoms. The molecular weight excluding hydrogens is 164 g/mol. The molecule has 0 aliphatic heterocycles. The lowest BCUT2D eigenvalue weighted by Gasteiger charge is -2.00. The molecule has 0 heterocycles. The zero-order chi connectivity index (χ0) is 8.27. The van der Waals surface area contributed by atoms with Crippen LogP contribution in [0.15, 0.2) is 24.3 Å². The summed E-state index contributed by atoms with van der Waals surface area (Å²) >= 11 is 5.59. The molecule has 0 saturated heterocycles. The van der Waals surface area contributed by atoms with Gasteiger partial charge in [-0.2, -0.15) is 0 Å². The van der Waals surface area contributed by atoms with Gasteiger partial charge in [-0.05, 0) is 17.7 Å². The number of phenols is 1. The van der Waals surface area contributed by atoms with E-state index >= 15 is 0 Å². The first-order valence-corrected chi connectivity index (χ1v) is 3.56. The van der Waals surface area contributed by atoms with Crippen molar-refractivity contribution in [3.8, 4) is 5.75 Å². The number of hydrogen-bond acceptors (Lipinski definition) is 2. The van der Waals surface area contributed by atoms with Crippen LogP contribution < -0.4 is 0 Å². The molecule has 58 valence electrons. The molecule has 0 amide bonds. The van der Waals surface area contributed by atoms with Gasteiger partial charge in [-0.15, -0.1) is 11.6 Å². The Labute approximate surface area is 69.4 Å². The number of alkyl halides is 1. The lowest BCUT2D eigenvalue weighted by atomic mass is 10.1. The van der Waals surface area contributed by atoms with Crippen molar-refractivity contribution in [2.24, 2.45) is 0 Å². The van der Waals surface area contributed by atoms with Gasteiger partial charge in [0.1, 0.15) is 17.4 Å². The highest BCUT2D eigenvalue weighted by atomic mass is 35.5. The number of benzene rings is 1. The second-order valence-corrected chi connectivity index (χ2v) is 2.60. The van der Waals surface area contributed by atoms with Gasteiger partial charge >= 0.3 is 0 Å². The van der Waals surface area contributed by atoms with Crippen LogP contribution in [0.3, 0.4) is 0 Å². The van der Waals surface area contributed by atoms with Crippen LogP contribution in [-0.2, 0) is 4.79 Å². The SMILES string of the molecule is O=CC(Cl)c1ccc(O)cc1. The van der Waals surface area contributed by atoms with Crippen LogP contribution in [0.1, 0.15) is 10.9 Å². The number of aldehydes is 1. The van der Waals surface area contributed by atoms with Gasteiger partial charge in [-0.3, -0.25) is 0 Å². The van der Waals surface area contributed by atoms with Crippen LogP contribution in [0.5, 0.6) is 5.75 Å². The highest BCUT2D eigenvalue weighted by molar-refractivity contribution is 6.27. The number of rotatable bonds is 2. The van der Waals surface area contributed by atoms with Crippen molar-refractivity contribution in [2.75, 3.05) is 0 Å². The first-order valence-electron chi connectivity index (χ1n) is 3.12. The number of halogens is 1. The summed E-state index contributed by atoms with van der Waals surface area (Å²) in [4.78, 5) is 10.2. The van der Waals surface area contributed by atoms with Gasteiger partial charge in [-0.25, -0.2) is 0 Å². The summed E-state index contributed by atoms with van der Waals surface area (Å²) in [6, 6.07) is 6.21. The van der Waals surface area contributed by atoms with Gasteiger partial charge in [0.25, 0.3) is 0 Å². The molecule has 0 aliphatic carbocycles. The Balaban J connectivity index is 2.89. The average Bonchev–Trinajstić information content (AvgIpc) is 2.05. The molecule has 1 unspecified atom stereocenters. The van der Waals surface area contributed by atoms with Crippen molar-refractivity contribution in [1.29, 1.82) is 0 Å². The maximum absolute atomic E-state index is 10.2. The maximum atomic E-state index is 10.2. The van der Waals surface area contributed by atoms with E-state index in [-0.39, 0.29) is 5.75 Å². The van der Waals surface area contributed by atoms with E-state index < -0.39 is 5.38 Å². The van der Waals surface area contributed by atoms with E-state index in [1.54, 1.807) is 12.1 Å². The van der Waals surface area contributed by atoms with E-state index in [1.807, 2.05) is 0 Å². The molecule has 0 radical (unpaired) electrons. The van der Waals surface area contributed by atoms with Gasteiger partial charge in [0.05, 0.1) is 0 Å². The normalized spacial score (nSPS) is 12.5. The molecule has 0 spiro atoms. The topological polar surface area (TPSA) is 37.3 Å². The van der Waals surface area contributed by atoms with Crippen molar-refractivity contribution in [3.63, 3.8) is 0 Å². The first kappa shape index (κ1) is 8.08. The zero-order valence-electron chi connectivity index (χ0n) is 5.70. The summed E-state index contributed by atoms with van der Waals surface area (Å²) in [5.41, 5.74) is 0.694. The number of aromatic hydroxyl groups is 1. The molecule has 1 atom stereocenters. The van der Waals surface area contributed by atoms with Gasteiger partial charge < -0.3 is 9.90 Å². The van der Waals surface area contributed by atoms with E-state index in [2.05, 4.69) is 0 Å². The van der Waals surface area contributed by atoms with Crippen LogP contribution in [0.25, 0.3) is 0 Å². The minimum Gasteiger partial charge on any atom is -0.508 e. The molecule has 0 fully saturated rings. The summed E-state index contributed by atoms with van der Waals surface area (Å²) in [7, 11) is 0. The van der Waals surface area contributed by atoms with Gasteiger partial charge in [0.2, 0.25) is 0 Å². The fraction of sp³-hybridized carbons (Fsp3) is 0.125. The van der Waals surface area contributed by atoms with Crippen LogP contribution in [0, 0.1) is 0 Å². The molecule has 1 N–H and O–H groups in total. The van der Waals surface area contributed by atoms with Gasteiger partial charge in [0.15, 0.2) is 0 Å². The van der Waals surface area contributed by atoms with Crippen LogP contribution in [0.2, 0.25) is 0 Å². The molecule has 1 rings (SSSR count). The van der Waals surface area contributed by atoms with E-state index in [4.69, 9.17) is 16.7 Å². The maximum Gasteiger partial charge on any atom is 0.142 e. The summed E-state index contributed by atoms with van der Waals surface area (Å²) < 4.78 is 0. The smallest absolute Gasteiger partial charge is 0.142 e. The Kier molecular flexibility index (Phi) is 2.49. The van der Waals surface area contributed by atoms with E-state index in [1.165, 1.54) is 12.1 Å².